The van der Waals surface area contributed by atoms with Gasteiger partial charge in [-0.05, 0) is 44.5 Å². The second-order valence-electron chi connectivity index (χ2n) is 6.27. The van der Waals surface area contributed by atoms with E-state index in [0.29, 0.717) is 6.42 Å². The van der Waals surface area contributed by atoms with Crippen molar-refractivity contribution in [2.45, 2.75) is 39.8 Å². The average Bonchev–Trinajstić information content (AvgIpc) is 3.19. The van der Waals surface area contributed by atoms with Crippen molar-refractivity contribution in [2.75, 3.05) is 0 Å². The van der Waals surface area contributed by atoms with Crippen LogP contribution in [0.1, 0.15) is 37.9 Å². The Hall–Kier alpha value is -3.63. The Morgan fingerprint density at radius 2 is 1.93 bits per heavy atom. The van der Waals surface area contributed by atoms with Gasteiger partial charge in [0.15, 0.2) is 5.69 Å². The minimum atomic E-state index is -0.731. The molecule has 10 nitrogen and oxygen atoms in total. The largest absolute Gasteiger partial charge is 0.352 e. The van der Waals surface area contributed by atoms with Crippen molar-refractivity contribution in [1.82, 2.24) is 29.8 Å². The molecule has 0 aliphatic rings. The molecule has 2 heterocycles. The minimum absolute atomic E-state index is 0.0631. The summed E-state index contributed by atoms with van der Waals surface area (Å²) in [6, 6.07) is 4.92. The van der Waals surface area contributed by atoms with E-state index < -0.39 is 23.0 Å². The third-order valence-electron chi connectivity index (χ3n) is 4.27. The van der Waals surface area contributed by atoms with Crippen LogP contribution >= 0.6 is 0 Å². The van der Waals surface area contributed by atoms with Gasteiger partial charge in [0.05, 0.1) is 5.69 Å². The molecule has 2 aromatic heterocycles. The summed E-state index contributed by atoms with van der Waals surface area (Å²) >= 11 is 0. The molecule has 3 aromatic rings. The topological polar surface area (TPSA) is 125 Å². The van der Waals surface area contributed by atoms with E-state index in [1.807, 2.05) is 13.8 Å². The Bertz CT molecular complexity index is 1150. The number of carbonyl (C=O) groups excluding carboxylic acids is 1. The molecule has 1 unspecified atom stereocenters. The van der Waals surface area contributed by atoms with Crippen molar-refractivity contribution in [1.29, 1.82) is 0 Å². The van der Waals surface area contributed by atoms with E-state index in [9.17, 15) is 18.8 Å². The number of carbonyl (C=O) groups is 1. The number of benzene rings is 1. The quantitative estimate of drug-likeness (QED) is 0.655. The summed E-state index contributed by atoms with van der Waals surface area (Å²) in [5.41, 5.74) is -1.46. The summed E-state index contributed by atoms with van der Waals surface area (Å²) in [7, 11) is 0. The van der Waals surface area contributed by atoms with E-state index in [-0.39, 0.29) is 35.7 Å². The van der Waals surface area contributed by atoms with E-state index in [1.165, 1.54) is 12.1 Å². The fourth-order valence-corrected chi connectivity index (χ4v) is 2.48. The molecule has 152 valence electrons. The van der Waals surface area contributed by atoms with Crippen molar-refractivity contribution < 1.29 is 13.7 Å². The molecule has 11 heteroatoms. The van der Waals surface area contributed by atoms with Gasteiger partial charge < -0.3 is 9.84 Å². The molecular formula is C18H19FN6O4. The lowest BCUT2D eigenvalue weighted by molar-refractivity contribution is 0.0895. The van der Waals surface area contributed by atoms with Crippen molar-refractivity contribution in [3.8, 4) is 17.2 Å². The number of nitrogens with one attached hydrogen (secondary N) is 1. The van der Waals surface area contributed by atoms with Crippen LogP contribution in [0.25, 0.3) is 17.2 Å². The highest BCUT2D eigenvalue weighted by Crippen LogP contribution is 2.11. The first-order chi connectivity index (χ1) is 13.8. The van der Waals surface area contributed by atoms with Crippen molar-refractivity contribution in [3.63, 3.8) is 0 Å². The van der Waals surface area contributed by atoms with E-state index in [0.717, 1.165) is 21.4 Å². The molecule has 0 fully saturated rings. The van der Waals surface area contributed by atoms with Crippen LogP contribution < -0.4 is 16.6 Å². The first-order valence-corrected chi connectivity index (χ1v) is 9.00. The van der Waals surface area contributed by atoms with Crippen LogP contribution in [0.4, 0.5) is 4.39 Å². The maximum absolute atomic E-state index is 13.2. The van der Waals surface area contributed by atoms with Gasteiger partial charge in [0.25, 0.3) is 5.56 Å². The van der Waals surface area contributed by atoms with Crippen LogP contribution in [-0.2, 0) is 6.54 Å². The molecule has 29 heavy (non-hydrogen) atoms. The predicted molar refractivity (Wildman–Crippen MR) is 100 cm³/mol. The summed E-state index contributed by atoms with van der Waals surface area (Å²) in [4.78, 5) is 41.3. The van der Waals surface area contributed by atoms with Gasteiger partial charge in [-0.2, -0.15) is 14.8 Å². The van der Waals surface area contributed by atoms with Gasteiger partial charge in [-0.3, -0.25) is 14.2 Å². The number of nitrogens with zero attached hydrogens (tertiary/aromatic N) is 5. The first kappa shape index (κ1) is 20.1. The zero-order chi connectivity index (χ0) is 21.1. The molecule has 0 bridgehead atoms. The second kappa shape index (κ2) is 8.17. The highest BCUT2D eigenvalue weighted by molar-refractivity contribution is 5.90. The second-order valence-corrected chi connectivity index (χ2v) is 6.27. The molecule has 1 amide bonds. The monoisotopic (exact) mass is 402 g/mol. The summed E-state index contributed by atoms with van der Waals surface area (Å²) in [5.74, 6) is -1.63. The first-order valence-electron chi connectivity index (χ1n) is 9.00. The van der Waals surface area contributed by atoms with Gasteiger partial charge in [-0.15, -0.1) is 0 Å². The molecule has 0 aliphatic heterocycles. The normalized spacial score (nSPS) is 12.0. The highest BCUT2D eigenvalue weighted by Gasteiger charge is 2.23. The Balaban J connectivity index is 2.09. The minimum Gasteiger partial charge on any atom is -0.345 e. The Kier molecular flexibility index (Phi) is 5.66. The Labute approximate surface area is 164 Å². The third-order valence-corrected chi connectivity index (χ3v) is 4.27. The molecule has 0 spiro atoms. The van der Waals surface area contributed by atoms with Gasteiger partial charge in [-0.1, -0.05) is 12.1 Å². The summed E-state index contributed by atoms with van der Waals surface area (Å²) in [5, 5.41) is 10.4. The molecule has 0 saturated carbocycles. The van der Waals surface area contributed by atoms with Gasteiger partial charge in [0.1, 0.15) is 5.82 Å². The Morgan fingerprint density at radius 3 is 2.55 bits per heavy atom. The zero-order valence-electron chi connectivity index (χ0n) is 16.0. The number of hydrogen-bond donors (Lipinski definition) is 1. The maximum Gasteiger partial charge on any atom is 0.352 e. The molecule has 0 radical (unpaired) electrons. The van der Waals surface area contributed by atoms with E-state index in [1.54, 1.807) is 6.92 Å². The smallest absolute Gasteiger partial charge is 0.345 e. The fraction of sp³-hybridized carbons (Fsp3) is 0.333. The van der Waals surface area contributed by atoms with Crippen molar-refractivity contribution in [3.05, 3.63) is 56.8 Å². The number of halogens is 1. The molecule has 3 rings (SSSR count). The van der Waals surface area contributed by atoms with Crippen LogP contribution in [0.2, 0.25) is 0 Å². The summed E-state index contributed by atoms with van der Waals surface area (Å²) in [6.45, 7) is 5.39. The van der Waals surface area contributed by atoms with Crippen LogP contribution in [0.5, 0.6) is 0 Å². The Morgan fingerprint density at radius 1 is 1.24 bits per heavy atom. The van der Waals surface area contributed by atoms with Gasteiger partial charge in [-0.25, -0.2) is 9.18 Å². The van der Waals surface area contributed by atoms with Crippen LogP contribution in [-0.4, -0.2) is 36.4 Å². The zero-order valence-corrected chi connectivity index (χ0v) is 16.0. The summed E-state index contributed by atoms with van der Waals surface area (Å²) in [6.07, 6.45) is 0.706. The third kappa shape index (κ3) is 3.98. The van der Waals surface area contributed by atoms with Crippen molar-refractivity contribution in [2.24, 2.45) is 0 Å². The lowest BCUT2D eigenvalue weighted by Crippen LogP contribution is -2.41. The number of amides is 1. The van der Waals surface area contributed by atoms with Gasteiger partial charge in [0, 0.05) is 12.6 Å². The number of hydrogen-bond acceptors (Lipinski definition) is 7. The lowest BCUT2D eigenvalue weighted by atomic mass is 10.2. The van der Waals surface area contributed by atoms with Crippen LogP contribution in [0.3, 0.4) is 0 Å². The number of aromatic nitrogens is 5. The standard InChI is InChI=1S/C18H19FN6O4/c1-4-10(3)20-15(26)16-21-14(23-29-16)13-17(27)24(5-2)18(28)25(22-13)12-8-6-11(19)7-9-12/h6-10H,4-5H2,1-3H3,(H,20,26). The van der Waals surface area contributed by atoms with Crippen molar-refractivity contribution >= 4 is 5.91 Å². The fourth-order valence-electron chi connectivity index (χ4n) is 2.48. The van der Waals surface area contributed by atoms with E-state index in [4.69, 9.17) is 4.52 Å². The average molecular weight is 402 g/mol. The van der Waals surface area contributed by atoms with E-state index >= 15 is 0 Å². The van der Waals surface area contributed by atoms with Crippen LogP contribution in [0, 0.1) is 5.82 Å². The van der Waals surface area contributed by atoms with Crippen LogP contribution in [0.15, 0.2) is 38.4 Å². The molecule has 1 atom stereocenters. The molecule has 1 N–H and O–H groups in total. The molecule has 0 saturated heterocycles. The molecular weight excluding hydrogens is 383 g/mol. The summed E-state index contributed by atoms with van der Waals surface area (Å²) < 4.78 is 20.0. The highest BCUT2D eigenvalue weighted by atomic mass is 19.1. The molecule has 0 aliphatic carbocycles. The van der Waals surface area contributed by atoms with E-state index in [2.05, 4.69) is 20.6 Å². The van der Waals surface area contributed by atoms with Gasteiger partial charge >= 0.3 is 17.5 Å². The lowest BCUT2D eigenvalue weighted by Gasteiger charge is -2.09. The SMILES string of the molecule is CCC(C)NC(=O)c1nc(-c2nn(-c3ccc(F)cc3)c(=O)n(CC)c2=O)no1. The maximum atomic E-state index is 13.2. The number of rotatable bonds is 6. The molecule has 1 aromatic carbocycles. The van der Waals surface area contributed by atoms with Gasteiger partial charge in [0.2, 0.25) is 5.82 Å². The predicted octanol–water partition coefficient (Wildman–Crippen LogP) is 1.13.